The number of nitrogens with zero attached hydrogens (tertiary/aromatic N) is 2. The normalized spacial score (nSPS) is 11.5. The van der Waals surface area contributed by atoms with E-state index in [2.05, 4.69) is 4.98 Å². The molecular formula is C12H18N2O3. The standard InChI is InChI=1S/C12H18N2O3/c1-5-12(6-2,10(15)16)14-9(4)7-8(3)13-11(14)17/h7H,5-6H2,1-4H3,(H,15,16). The van der Waals surface area contributed by atoms with Crippen LogP contribution < -0.4 is 5.69 Å². The van der Waals surface area contributed by atoms with Gasteiger partial charge in [-0.3, -0.25) is 4.57 Å². The number of aryl methyl sites for hydroxylation is 2. The summed E-state index contributed by atoms with van der Waals surface area (Å²) in [4.78, 5) is 27.2. The molecule has 0 aliphatic carbocycles. The van der Waals surface area contributed by atoms with Crippen LogP contribution in [0.25, 0.3) is 0 Å². The maximum absolute atomic E-state index is 11.9. The van der Waals surface area contributed by atoms with Gasteiger partial charge in [0.1, 0.15) is 5.54 Å². The summed E-state index contributed by atoms with van der Waals surface area (Å²) in [6.45, 7) is 6.99. The van der Waals surface area contributed by atoms with E-state index in [-0.39, 0.29) is 0 Å². The van der Waals surface area contributed by atoms with Crippen molar-refractivity contribution in [3.05, 3.63) is 27.9 Å². The monoisotopic (exact) mass is 238 g/mol. The number of aromatic nitrogens is 2. The Bertz CT molecular complexity index is 487. The molecular weight excluding hydrogens is 220 g/mol. The molecule has 5 nitrogen and oxygen atoms in total. The number of hydrogen-bond acceptors (Lipinski definition) is 3. The second-order valence-electron chi connectivity index (χ2n) is 4.20. The fourth-order valence-corrected chi connectivity index (χ4v) is 2.24. The average molecular weight is 238 g/mol. The average Bonchev–Trinajstić information content (AvgIpc) is 2.22. The molecule has 0 aromatic carbocycles. The van der Waals surface area contributed by atoms with E-state index in [0.29, 0.717) is 24.2 Å². The van der Waals surface area contributed by atoms with Crippen LogP contribution in [0.4, 0.5) is 0 Å². The third kappa shape index (κ3) is 2.09. The van der Waals surface area contributed by atoms with Gasteiger partial charge in [-0.05, 0) is 32.8 Å². The molecule has 0 saturated heterocycles. The van der Waals surface area contributed by atoms with Gasteiger partial charge in [-0.25, -0.2) is 9.59 Å². The van der Waals surface area contributed by atoms with Crippen molar-refractivity contribution in [2.45, 2.75) is 46.1 Å². The van der Waals surface area contributed by atoms with Crippen LogP contribution in [-0.2, 0) is 10.3 Å². The van der Waals surface area contributed by atoms with Gasteiger partial charge in [0.25, 0.3) is 0 Å². The van der Waals surface area contributed by atoms with Crippen LogP contribution in [0.15, 0.2) is 10.9 Å². The van der Waals surface area contributed by atoms with Crippen LogP contribution in [0.5, 0.6) is 0 Å². The first-order valence-electron chi connectivity index (χ1n) is 5.70. The molecule has 0 bridgehead atoms. The highest BCUT2D eigenvalue weighted by atomic mass is 16.4. The van der Waals surface area contributed by atoms with Gasteiger partial charge < -0.3 is 5.11 Å². The van der Waals surface area contributed by atoms with Crippen LogP contribution >= 0.6 is 0 Å². The highest BCUT2D eigenvalue weighted by Gasteiger charge is 2.38. The zero-order valence-corrected chi connectivity index (χ0v) is 10.6. The third-order valence-electron chi connectivity index (χ3n) is 3.23. The lowest BCUT2D eigenvalue weighted by atomic mass is 9.92. The van der Waals surface area contributed by atoms with Gasteiger partial charge in [0, 0.05) is 11.4 Å². The van der Waals surface area contributed by atoms with Crippen molar-refractivity contribution < 1.29 is 9.90 Å². The van der Waals surface area contributed by atoms with Gasteiger partial charge in [-0.1, -0.05) is 13.8 Å². The van der Waals surface area contributed by atoms with Crippen LogP contribution in [0, 0.1) is 13.8 Å². The van der Waals surface area contributed by atoms with Gasteiger partial charge in [-0.15, -0.1) is 0 Å². The largest absolute Gasteiger partial charge is 0.479 e. The minimum Gasteiger partial charge on any atom is -0.479 e. The van der Waals surface area contributed by atoms with Crippen LogP contribution in [0.3, 0.4) is 0 Å². The molecule has 0 amide bonds. The van der Waals surface area contributed by atoms with Crippen LogP contribution in [0.1, 0.15) is 38.1 Å². The molecule has 0 spiro atoms. The number of hydrogen-bond donors (Lipinski definition) is 1. The molecule has 0 aliphatic rings. The summed E-state index contributed by atoms with van der Waals surface area (Å²) in [5.74, 6) is -0.988. The molecule has 0 aliphatic heterocycles. The number of rotatable bonds is 4. The topological polar surface area (TPSA) is 72.2 Å². The zero-order chi connectivity index (χ0) is 13.2. The first kappa shape index (κ1) is 13.4. The molecule has 1 aromatic heterocycles. The number of carboxylic acids is 1. The Morgan fingerprint density at radius 1 is 1.41 bits per heavy atom. The molecule has 0 saturated carbocycles. The Labute approximate surface area is 100 Å². The van der Waals surface area contributed by atoms with Crippen LogP contribution in [0.2, 0.25) is 0 Å². The van der Waals surface area contributed by atoms with Crippen molar-refractivity contribution in [2.75, 3.05) is 0 Å². The molecule has 1 aromatic rings. The summed E-state index contributed by atoms with van der Waals surface area (Å²) in [6, 6.07) is 1.73. The molecule has 1 rings (SSSR count). The number of carboxylic acid groups (broad SMARTS) is 1. The fourth-order valence-electron chi connectivity index (χ4n) is 2.24. The van der Waals surface area contributed by atoms with Crippen molar-refractivity contribution in [1.82, 2.24) is 9.55 Å². The Kier molecular flexibility index (Phi) is 3.70. The summed E-state index contributed by atoms with van der Waals surface area (Å²) < 4.78 is 1.29. The smallest absolute Gasteiger partial charge is 0.348 e. The second kappa shape index (κ2) is 4.69. The van der Waals surface area contributed by atoms with E-state index in [0.717, 1.165) is 0 Å². The summed E-state index contributed by atoms with van der Waals surface area (Å²) in [5.41, 5.74) is -0.445. The van der Waals surface area contributed by atoms with E-state index < -0.39 is 17.2 Å². The molecule has 0 fully saturated rings. The van der Waals surface area contributed by atoms with E-state index in [1.54, 1.807) is 33.8 Å². The Morgan fingerprint density at radius 3 is 2.29 bits per heavy atom. The zero-order valence-electron chi connectivity index (χ0n) is 10.6. The first-order chi connectivity index (χ1) is 7.89. The minimum absolute atomic E-state index is 0.352. The molecule has 5 heteroatoms. The second-order valence-corrected chi connectivity index (χ2v) is 4.20. The van der Waals surface area contributed by atoms with E-state index in [9.17, 15) is 14.7 Å². The van der Waals surface area contributed by atoms with E-state index in [1.165, 1.54) is 4.57 Å². The van der Waals surface area contributed by atoms with Crippen molar-refractivity contribution >= 4 is 5.97 Å². The molecule has 1 heterocycles. The lowest BCUT2D eigenvalue weighted by Gasteiger charge is -2.30. The molecule has 0 unspecified atom stereocenters. The van der Waals surface area contributed by atoms with E-state index >= 15 is 0 Å². The summed E-state index contributed by atoms with van der Waals surface area (Å²) >= 11 is 0. The van der Waals surface area contributed by atoms with E-state index in [4.69, 9.17) is 0 Å². The predicted molar refractivity (Wildman–Crippen MR) is 64.2 cm³/mol. The highest BCUT2D eigenvalue weighted by molar-refractivity contribution is 5.76. The van der Waals surface area contributed by atoms with Crippen molar-refractivity contribution in [3.8, 4) is 0 Å². The summed E-state index contributed by atoms with van der Waals surface area (Å²) in [7, 11) is 0. The number of carbonyl (C=O) groups is 1. The summed E-state index contributed by atoms with van der Waals surface area (Å²) in [6.07, 6.45) is 0.703. The van der Waals surface area contributed by atoms with Crippen molar-refractivity contribution in [3.63, 3.8) is 0 Å². The maximum atomic E-state index is 11.9. The molecule has 17 heavy (non-hydrogen) atoms. The Balaban J connectivity index is 3.60. The SMILES string of the molecule is CCC(CC)(C(=O)O)n1c(C)cc(C)nc1=O. The highest BCUT2D eigenvalue weighted by Crippen LogP contribution is 2.25. The van der Waals surface area contributed by atoms with Gasteiger partial charge in [0.15, 0.2) is 0 Å². The molecule has 1 N–H and O–H groups in total. The van der Waals surface area contributed by atoms with E-state index in [1.807, 2.05) is 0 Å². The quantitative estimate of drug-likeness (QED) is 0.862. The Morgan fingerprint density at radius 2 is 1.94 bits per heavy atom. The minimum atomic E-state index is -1.19. The van der Waals surface area contributed by atoms with Gasteiger partial charge in [0.05, 0.1) is 0 Å². The summed E-state index contributed by atoms with van der Waals surface area (Å²) in [5, 5.41) is 9.41. The predicted octanol–water partition coefficient (Wildman–Crippen LogP) is 1.46. The fraction of sp³-hybridized carbons (Fsp3) is 0.583. The Hall–Kier alpha value is -1.65. The first-order valence-corrected chi connectivity index (χ1v) is 5.70. The lowest BCUT2D eigenvalue weighted by molar-refractivity contribution is -0.148. The third-order valence-corrected chi connectivity index (χ3v) is 3.23. The molecule has 0 radical (unpaired) electrons. The lowest BCUT2D eigenvalue weighted by Crippen LogP contribution is -2.48. The maximum Gasteiger partial charge on any atom is 0.348 e. The van der Waals surface area contributed by atoms with Crippen molar-refractivity contribution in [1.29, 1.82) is 0 Å². The molecule has 0 atom stereocenters. The number of aliphatic carboxylic acids is 1. The van der Waals surface area contributed by atoms with Crippen LogP contribution in [-0.4, -0.2) is 20.6 Å². The van der Waals surface area contributed by atoms with Crippen molar-refractivity contribution in [2.24, 2.45) is 0 Å². The van der Waals surface area contributed by atoms with Gasteiger partial charge in [0.2, 0.25) is 0 Å². The van der Waals surface area contributed by atoms with Gasteiger partial charge >= 0.3 is 11.7 Å². The van der Waals surface area contributed by atoms with Gasteiger partial charge in [-0.2, -0.15) is 4.98 Å². The molecule has 94 valence electrons.